The van der Waals surface area contributed by atoms with Crippen LogP contribution in [0, 0.1) is 0 Å². The Labute approximate surface area is 131 Å². The first kappa shape index (κ1) is 18.7. The topological polar surface area (TPSA) is 88.1 Å². The van der Waals surface area contributed by atoms with Crippen LogP contribution in [0.2, 0.25) is 0 Å². The number of hydrogen-bond donors (Lipinski definition) is 2. The second-order valence-corrected chi connectivity index (χ2v) is 6.77. The van der Waals surface area contributed by atoms with E-state index in [1.165, 1.54) is 0 Å². The number of carbonyl (C=O) groups excluding carboxylic acids is 1. The zero-order chi connectivity index (χ0) is 16.9. The molecule has 1 saturated heterocycles. The van der Waals surface area contributed by atoms with Gasteiger partial charge in [-0.3, -0.25) is 4.79 Å². The predicted octanol–water partition coefficient (Wildman–Crippen LogP) is 1.46. The molecule has 1 aliphatic heterocycles. The lowest BCUT2D eigenvalue weighted by Crippen LogP contribution is -2.45. The monoisotopic (exact) mass is 316 g/mol. The fourth-order valence-electron chi connectivity index (χ4n) is 2.44. The van der Waals surface area contributed by atoms with E-state index in [4.69, 9.17) is 14.6 Å². The van der Waals surface area contributed by atoms with Gasteiger partial charge in [0.1, 0.15) is 5.60 Å². The summed E-state index contributed by atoms with van der Waals surface area (Å²) in [5, 5.41) is 12.1. The Morgan fingerprint density at radius 3 is 2.50 bits per heavy atom. The number of carboxylic acids is 1. The van der Waals surface area contributed by atoms with Crippen molar-refractivity contribution in [1.29, 1.82) is 0 Å². The molecule has 7 heteroatoms. The third kappa shape index (κ3) is 6.19. The maximum Gasteiger partial charge on any atom is 0.410 e. The number of likely N-dealkylation sites (tertiary alicyclic amines) is 1. The average Bonchev–Trinajstić information content (AvgIpc) is 2.77. The molecular weight excluding hydrogens is 288 g/mol. The van der Waals surface area contributed by atoms with Gasteiger partial charge in [-0.1, -0.05) is 0 Å². The second kappa shape index (κ2) is 7.78. The standard InChI is InChI=1S/C15H28N2O5/c1-10(6-7-13(18)19)16-11-8-17(9-12(11)21-5)14(20)22-15(2,3)4/h10-12,16H,6-9H2,1-5H3,(H,18,19)/t10?,11?,12-/m0/s1. The highest BCUT2D eigenvalue weighted by Crippen LogP contribution is 2.18. The van der Waals surface area contributed by atoms with Crippen molar-refractivity contribution >= 4 is 12.1 Å². The van der Waals surface area contributed by atoms with E-state index in [1.54, 1.807) is 12.0 Å². The summed E-state index contributed by atoms with van der Waals surface area (Å²) in [6.45, 7) is 8.39. The molecule has 1 fully saturated rings. The first-order valence-corrected chi connectivity index (χ1v) is 7.61. The molecule has 22 heavy (non-hydrogen) atoms. The lowest BCUT2D eigenvalue weighted by molar-refractivity contribution is -0.137. The van der Waals surface area contributed by atoms with Gasteiger partial charge < -0.3 is 24.8 Å². The Morgan fingerprint density at radius 1 is 1.36 bits per heavy atom. The summed E-state index contributed by atoms with van der Waals surface area (Å²) in [7, 11) is 1.61. The zero-order valence-corrected chi connectivity index (χ0v) is 14.1. The number of carboxylic acid groups (broad SMARTS) is 1. The summed E-state index contributed by atoms with van der Waals surface area (Å²) in [5.41, 5.74) is -0.528. The van der Waals surface area contributed by atoms with E-state index in [9.17, 15) is 9.59 Å². The molecule has 7 nitrogen and oxygen atoms in total. The number of methoxy groups -OCH3 is 1. The predicted molar refractivity (Wildman–Crippen MR) is 81.9 cm³/mol. The normalized spacial score (nSPS) is 23.4. The first-order chi connectivity index (χ1) is 10.1. The van der Waals surface area contributed by atoms with Gasteiger partial charge in [0.2, 0.25) is 0 Å². The maximum atomic E-state index is 12.1. The van der Waals surface area contributed by atoms with Gasteiger partial charge in [-0.05, 0) is 34.1 Å². The highest BCUT2D eigenvalue weighted by molar-refractivity contribution is 5.68. The molecule has 2 N–H and O–H groups in total. The van der Waals surface area contributed by atoms with Gasteiger partial charge in [-0.15, -0.1) is 0 Å². The molecule has 0 aromatic rings. The summed E-state index contributed by atoms with van der Waals surface area (Å²) < 4.78 is 10.8. The van der Waals surface area contributed by atoms with E-state index >= 15 is 0 Å². The molecule has 0 aromatic heterocycles. The smallest absolute Gasteiger partial charge is 0.410 e. The average molecular weight is 316 g/mol. The molecule has 0 radical (unpaired) electrons. The fourth-order valence-corrected chi connectivity index (χ4v) is 2.44. The third-order valence-corrected chi connectivity index (χ3v) is 3.51. The van der Waals surface area contributed by atoms with Crippen molar-refractivity contribution in [2.75, 3.05) is 20.2 Å². The molecule has 0 spiro atoms. The fraction of sp³-hybridized carbons (Fsp3) is 0.867. The molecule has 1 aliphatic rings. The Bertz CT molecular complexity index is 394. The number of rotatable bonds is 6. The molecular formula is C15H28N2O5. The van der Waals surface area contributed by atoms with Crippen molar-refractivity contribution in [1.82, 2.24) is 10.2 Å². The van der Waals surface area contributed by atoms with Crippen molar-refractivity contribution in [2.24, 2.45) is 0 Å². The van der Waals surface area contributed by atoms with E-state index in [1.807, 2.05) is 27.7 Å². The number of nitrogens with one attached hydrogen (secondary N) is 1. The summed E-state index contributed by atoms with van der Waals surface area (Å²) >= 11 is 0. The number of hydrogen-bond acceptors (Lipinski definition) is 5. The summed E-state index contributed by atoms with van der Waals surface area (Å²) in [6.07, 6.45) is 0.181. The number of nitrogens with zero attached hydrogens (tertiary/aromatic N) is 1. The molecule has 1 heterocycles. The maximum absolute atomic E-state index is 12.1. The minimum absolute atomic E-state index is 0.0266. The van der Waals surface area contributed by atoms with Crippen LogP contribution in [0.5, 0.6) is 0 Å². The Kier molecular flexibility index (Phi) is 6.62. The molecule has 128 valence electrons. The highest BCUT2D eigenvalue weighted by atomic mass is 16.6. The number of amides is 1. The molecule has 3 atom stereocenters. The van der Waals surface area contributed by atoms with Gasteiger partial charge in [-0.25, -0.2) is 4.79 Å². The van der Waals surface area contributed by atoms with Crippen LogP contribution in [0.25, 0.3) is 0 Å². The van der Waals surface area contributed by atoms with Crippen LogP contribution in [0.3, 0.4) is 0 Å². The number of aliphatic carboxylic acids is 1. The van der Waals surface area contributed by atoms with Gasteiger partial charge in [-0.2, -0.15) is 0 Å². The quantitative estimate of drug-likeness (QED) is 0.771. The Hall–Kier alpha value is -1.34. The highest BCUT2D eigenvalue weighted by Gasteiger charge is 2.37. The van der Waals surface area contributed by atoms with Crippen LogP contribution in [-0.2, 0) is 14.3 Å². The molecule has 0 aliphatic carbocycles. The molecule has 0 aromatic carbocycles. The molecule has 0 bridgehead atoms. The van der Waals surface area contributed by atoms with Gasteiger partial charge in [0, 0.05) is 26.1 Å². The molecule has 1 rings (SSSR count). The van der Waals surface area contributed by atoms with Crippen LogP contribution < -0.4 is 5.32 Å². The van der Waals surface area contributed by atoms with Crippen LogP contribution in [0.15, 0.2) is 0 Å². The summed E-state index contributed by atoms with van der Waals surface area (Å²) in [6, 6.07) is 0.0126. The van der Waals surface area contributed by atoms with Crippen molar-refractivity contribution in [3.05, 3.63) is 0 Å². The lowest BCUT2D eigenvalue weighted by atomic mass is 10.1. The minimum atomic E-state index is -0.807. The van der Waals surface area contributed by atoms with E-state index < -0.39 is 11.6 Å². The third-order valence-electron chi connectivity index (χ3n) is 3.51. The van der Waals surface area contributed by atoms with Crippen LogP contribution >= 0.6 is 0 Å². The first-order valence-electron chi connectivity index (χ1n) is 7.61. The van der Waals surface area contributed by atoms with Crippen LogP contribution in [-0.4, -0.2) is 66.1 Å². The van der Waals surface area contributed by atoms with Crippen LogP contribution in [0.4, 0.5) is 4.79 Å². The van der Waals surface area contributed by atoms with Crippen molar-refractivity contribution in [3.63, 3.8) is 0 Å². The summed E-state index contributed by atoms with van der Waals surface area (Å²) in [4.78, 5) is 24.4. The zero-order valence-electron chi connectivity index (χ0n) is 14.1. The van der Waals surface area contributed by atoms with Gasteiger partial charge in [0.15, 0.2) is 0 Å². The molecule has 2 unspecified atom stereocenters. The molecule has 0 saturated carbocycles. The Morgan fingerprint density at radius 2 is 2.00 bits per heavy atom. The van der Waals surface area contributed by atoms with E-state index in [-0.39, 0.29) is 30.7 Å². The molecule has 1 amide bonds. The number of carbonyl (C=O) groups is 2. The largest absolute Gasteiger partial charge is 0.481 e. The number of ether oxygens (including phenoxy) is 2. The van der Waals surface area contributed by atoms with Crippen molar-refractivity contribution in [3.8, 4) is 0 Å². The van der Waals surface area contributed by atoms with Crippen molar-refractivity contribution < 1.29 is 24.2 Å². The lowest BCUT2D eigenvalue weighted by Gasteiger charge is -2.24. The van der Waals surface area contributed by atoms with E-state index in [2.05, 4.69) is 5.32 Å². The van der Waals surface area contributed by atoms with Crippen molar-refractivity contribution in [2.45, 2.75) is 64.3 Å². The van der Waals surface area contributed by atoms with E-state index in [0.29, 0.717) is 19.5 Å². The van der Waals surface area contributed by atoms with Crippen LogP contribution in [0.1, 0.15) is 40.5 Å². The Balaban J connectivity index is 2.54. The second-order valence-electron chi connectivity index (χ2n) is 6.77. The SMILES string of the molecule is CO[C@H]1CN(C(=O)OC(C)(C)C)CC1NC(C)CCC(=O)O. The van der Waals surface area contributed by atoms with E-state index in [0.717, 1.165) is 0 Å². The van der Waals surface area contributed by atoms with Gasteiger partial charge in [0.05, 0.1) is 18.7 Å². The van der Waals surface area contributed by atoms with Gasteiger partial charge in [0.25, 0.3) is 0 Å². The summed E-state index contributed by atoms with van der Waals surface area (Å²) in [5.74, 6) is -0.807. The van der Waals surface area contributed by atoms with Gasteiger partial charge >= 0.3 is 12.1 Å². The minimum Gasteiger partial charge on any atom is -0.481 e.